The number of aromatic nitrogens is 2. The van der Waals surface area contributed by atoms with Crippen LogP contribution < -0.4 is 20.1 Å². The third kappa shape index (κ3) is 4.56. The third-order valence-electron chi connectivity index (χ3n) is 5.68. The molecule has 4 rings (SSSR count). The van der Waals surface area contributed by atoms with E-state index in [4.69, 9.17) is 9.47 Å². The maximum atomic E-state index is 12.6. The Labute approximate surface area is 171 Å². The fourth-order valence-electron chi connectivity index (χ4n) is 4.23. The molecule has 0 radical (unpaired) electrons. The van der Waals surface area contributed by atoms with Crippen LogP contribution in [-0.4, -0.2) is 35.4 Å². The van der Waals surface area contributed by atoms with Crippen molar-refractivity contribution in [3.8, 4) is 11.5 Å². The lowest BCUT2D eigenvalue weighted by Crippen LogP contribution is -2.34. The van der Waals surface area contributed by atoms with Gasteiger partial charge in [-0.25, -0.2) is 4.68 Å². The average Bonchev–Trinajstić information content (AvgIpc) is 3.39. The lowest BCUT2D eigenvalue weighted by molar-refractivity contribution is -0.115. The van der Waals surface area contributed by atoms with Crippen LogP contribution in [0.5, 0.6) is 11.5 Å². The van der Waals surface area contributed by atoms with E-state index in [0.717, 1.165) is 35.7 Å². The molecule has 29 heavy (non-hydrogen) atoms. The SMILES string of the molecule is CC(C)[C@@H](NCC(=O)Nc1ccnn1C1CCCC1)c1ccc2c(c1)OCCO2. The van der Waals surface area contributed by atoms with Gasteiger partial charge >= 0.3 is 0 Å². The van der Waals surface area contributed by atoms with Crippen molar-refractivity contribution in [3.05, 3.63) is 36.0 Å². The van der Waals surface area contributed by atoms with Gasteiger partial charge in [-0.15, -0.1) is 0 Å². The molecular formula is C22H30N4O3. The van der Waals surface area contributed by atoms with E-state index in [1.807, 2.05) is 28.9 Å². The van der Waals surface area contributed by atoms with Crippen LogP contribution in [0.4, 0.5) is 5.82 Å². The highest BCUT2D eigenvalue weighted by Crippen LogP contribution is 2.34. The van der Waals surface area contributed by atoms with E-state index >= 15 is 0 Å². The molecule has 1 aromatic heterocycles. The van der Waals surface area contributed by atoms with Gasteiger partial charge in [-0.3, -0.25) is 4.79 Å². The van der Waals surface area contributed by atoms with Gasteiger partial charge in [-0.2, -0.15) is 5.10 Å². The Bertz CT molecular complexity index is 842. The molecule has 1 aromatic carbocycles. The molecular weight excluding hydrogens is 368 g/mol. The highest BCUT2D eigenvalue weighted by atomic mass is 16.6. The molecule has 0 bridgehead atoms. The summed E-state index contributed by atoms with van der Waals surface area (Å²) in [4.78, 5) is 12.6. The minimum absolute atomic E-state index is 0.0383. The minimum Gasteiger partial charge on any atom is -0.486 e. The number of anilines is 1. The fraction of sp³-hybridized carbons (Fsp3) is 0.545. The molecule has 2 N–H and O–H groups in total. The highest BCUT2D eigenvalue weighted by Gasteiger charge is 2.22. The summed E-state index contributed by atoms with van der Waals surface area (Å²) in [6.45, 7) is 5.65. The summed E-state index contributed by atoms with van der Waals surface area (Å²) in [6, 6.07) is 8.31. The Morgan fingerprint density at radius 2 is 1.93 bits per heavy atom. The van der Waals surface area contributed by atoms with Crippen LogP contribution >= 0.6 is 0 Å². The van der Waals surface area contributed by atoms with E-state index in [-0.39, 0.29) is 18.5 Å². The number of fused-ring (bicyclic) bond motifs is 1. The van der Waals surface area contributed by atoms with Crippen LogP contribution in [0.1, 0.15) is 57.2 Å². The number of ether oxygens (including phenoxy) is 2. The van der Waals surface area contributed by atoms with Gasteiger partial charge in [0.05, 0.1) is 18.8 Å². The molecule has 1 saturated carbocycles. The maximum absolute atomic E-state index is 12.6. The second-order valence-corrected chi connectivity index (χ2v) is 8.15. The van der Waals surface area contributed by atoms with Crippen molar-refractivity contribution in [2.75, 3.05) is 25.1 Å². The first-order valence-electron chi connectivity index (χ1n) is 10.6. The Morgan fingerprint density at radius 1 is 1.17 bits per heavy atom. The topological polar surface area (TPSA) is 77.4 Å². The quantitative estimate of drug-likeness (QED) is 0.744. The summed E-state index contributed by atoms with van der Waals surface area (Å²) in [6.07, 6.45) is 6.47. The van der Waals surface area contributed by atoms with E-state index in [2.05, 4.69) is 29.6 Å². The average molecular weight is 399 g/mol. The molecule has 1 fully saturated rings. The standard InChI is InChI=1S/C22H30N4O3/c1-15(2)22(16-7-8-18-19(13-16)29-12-11-28-18)23-14-21(27)25-20-9-10-24-26(20)17-5-3-4-6-17/h7-10,13,15,17,22-23H,3-6,11-12,14H2,1-2H3,(H,25,27)/t22-/m1/s1. The fourth-order valence-corrected chi connectivity index (χ4v) is 4.23. The number of hydrogen-bond acceptors (Lipinski definition) is 5. The van der Waals surface area contributed by atoms with Crippen molar-refractivity contribution in [2.45, 2.75) is 51.6 Å². The zero-order valence-electron chi connectivity index (χ0n) is 17.2. The lowest BCUT2D eigenvalue weighted by Gasteiger charge is -2.25. The van der Waals surface area contributed by atoms with E-state index in [0.29, 0.717) is 25.2 Å². The summed E-state index contributed by atoms with van der Waals surface area (Å²) < 4.78 is 13.3. The van der Waals surface area contributed by atoms with Gasteiger partial charge in [-0.05, 0) is 36.5 Å². The molecule has 0 saturated heterocycles. The Hall–Kier alpha value is -2.54. The number of rotatable bonds is 7. The first-order valence-corrected chi connectivity index (χ1v) is 10.6. The van der Waals surface area contributed by atoms with Gasteiger partial charge in [0.1, 0.15) is 19.0 Å². The maximum Gasteiger partial charge on any atom is 0.239 e. The number of hydrogen-bond donors (Lipinski definition) is 2. The van der Waals surface area contributed by atoms with Crippen LogP contribution in [0, 0.1) is 5.92 Å². The molecule has 2 heterocycles. The monoisotopic (exact) mass is 398 g/mol. The molecule has 7 nitrogen and oxygen atoms in total. The van der Waals surface area contributed by atoms with Gasteiger partial charge in [0, 0.05) is 12.1 Å². The van der Waals surface area contributed by atoms with Crippen LogP contribution in [-0.2, 0) is 4.79 Å². The minimum atomic E-state index is -0.0621. The van der Waals surface area contributed by atoms with Gasteiger partial charge < -0.3 is 20.1 Å². The predicted molar refractivity (Wildman–Crippen MR) is 111 cm³/mol. The summed E-state index contributed by atoms with van der Waals surface area (Å²) in [5.41, 5.74) is 1.09. The van der Waals surface area contributed by atoms with Crippen molar-refractivity contribution < 1.29 is 14.3 Å². The van der Waals surface area contributed by atoms with Crippen molar-refractivity contribution in [3.63, 3.8) is 0 Å². The zero-order chi connectivity index (χ0) is 20.2. The molecule has 0 spiro atoms. The molecule has 156 valence electrons. The molecule has 1 aliphatic carbocycles. The Kier molecular flexibility index (Phi) is 6.04. The third-order valence-corrected chi connectivity index (χ3v) is 5.68. The van der Waals surface area contributed by atoms with Gasteiger partial charge in [-0.1, -0.05) is 32.8 Å². The summed E-state index contributed by atoms with van der Waals surface area (Å²) in [5, 5.41) is 10.8. The number of benzene rings is 1. The number of carbonyl (C=O) groups excluding carboxylic acids is 1. The van der Waals surface area contributed by atoms with Gasteiger partial charge in [0.2, 0.25) is 5.91 Å². The second kappa shape index (κ2) is 8.86. The molecule has 0 unspecified atom stereocenters. The number of amides is 1. The molecule has 1 amide bonds. The number of nitrogens with one attached hydrogen (secondary N) is 2. The first-order chi connectivity index (χ1) is 14.1. The van der Waals surface area contributed by atoms with Crippen LogP contribution in [0.3, 0.4) is 0 Å². The molecule has 7 heteroatoms. The van der Waals surface area contributed by atoms with Crippen molar-refractivity contribution in [1.29, 1.82) is 0 Å². The molecule has 1 atom stereocenters. The van der Waals surface area contributed by atoms with E-state index in [1.165, 1.54) is 12.8 Å². The first kappa shape index (κ1) is 19.8. The zero-order valence-corrected chi connectivity index (χ0v) is 17.2. The van der Waals surface area contributed by atoms with Crippen LogP contribution in [0.2, 0.25) is 0 Å². The molecule has 2 aromatic rings. The lowest BCUT2D eigenvalue weighted by atomic mass is 9.95. The highest BCUT2D eigenvalue weighted by molar-refractivity contribution is 5.91. The van der Waals surface area contributed by atoms with Crippen LogP contribution in [0.15, 0.2) is 30.5 Å². The Morgan fingerprint density at radius 3 is 2.69 bits per heavy atom. The van der Waals surface area contributed by atoms with Crippen molar-refractivity contribution in [2.24, 2.45) is 5.92 Å². The van der Waals surface area contributed by atoms with E-state index in [9.17, 15) is 4.79 Å². The molecule has 1 aliphatic heterocycles. The Balaban J connectivity index is 1.39. The van der Waals surface area contributed by atoms with Crippen molar-refractivity contribution in [1.82, 2.24) is 15.1 Å². The smallest absolute Gasteiger partial charge is 0.239 e. The summed E-state index contributed by atoms with van der Waals surface area (Å²) in [7, 11) is 0. The summed E-state index contributed by atoms with van der Waals surface area (Å²) >= 11 is 0. The van der Waals surface area contributed by atoms with E-state index in [1.54, 1.807) is 6.20 Å². The van der Waals surface area contributed by atoms with E-state index < -0.39 is 0 Å². The molecule has 2 aliphatic rings. The van der Waals surface area contributed by atoms with Gasteiger partial charge in [0.25, 0.3) is 0 Å². The predicted octanol–water partition coefficient (Wildman–Crippen LogP) is 3.69. The van der Waals surface area contributed by atoms with Crippen LogP contribution in [0.25, 0.3) is 0 Å². The number of carbonyl (C=O) groups is 1. The number of nitrogens with zero attached hydrogens (tertiary/aromatic N) is 2. The largest absolute Gasteiger partial charge is 0.486 e. The normalized spacial score (nSPS) is 17.5. The second-order valence-electron chi connectivity index (χ2n) is 8.15. The summed E-state index contributed by atoms with van der Waals surface area (Å²) in [5.74, 6) is 2.58. The van der Waals surface area contributed by atoms with Crippen molar-refractivity contribution >= 4 is 11.7 Å². The van der Waals surface area contributed by atoms with Gasteiger partial charge in [0.15, 0.2) is 11.5 Å².